The fourth-order valence-corrected chi connectivity index (χ4v) is 4.81. The van der Waals surface area contributed by atoms with Crippen LogP contribution in [0, 0.1) is 11.8 Å². The molecule has 1 amide bonds. The largest absolute Gasteiger partial charge is 0.390 e. The van der Waals surface area contributed by atoms with E-state index in [9.17, 15) is 18.0 Å². The third-order valence-electron chi connectivity index (χ3n) is 5.96. The molecule has 0 radical (unpaired) electrons. The summed E-state index contributed by atoms with van der Waals surface area (Å²) in [5, 5.41) is 2.93. The Hall–Kier alpha value is -1.67. The molecule has 8 heteroatoms. The van der Waals surface area contributed by atoms with E-state index in [0.29, 0.717) is 25.3 Å². The van der Waals surface area contributed by atoms with E-state index in [1.165, 1.54) is 0 Å². The smallest absolute Gasteiger partial charge is 0.370 e. The summed E-state index contributed by atoms with van der Waals surface area (Å²) in [6, 6.07) is 5.16. The van der Waals surface area contributed by atoms with Crippen molar-refractivity contribution in [2.45, 2.75) is 37.1 Å². The average molecular weight is 369 g/mol. The maximum absolute atomic E-state index is 12.5. The van der Waals surface area contributed by atoms with Gasteiger partial charge >= 0.3 is 6.18 Å². The molecule has 142 valence electrons. The first-order valence-corrected chi connectivity index (χ1v) is 9.02. The molecule has 26 heavy (non-hydrogen) atoms. The standard InChI is InChI=1S/C18H22F3N3O2/c19-18(20,21)6-8-24-10-13-12(15-4-5-17(13,11-24)26-15)9-23-16(25)14-3-1-2-7-22-14/h1-3,7,12-13,15H,4-6,8-11H2,(H,23,25)/t12-,13+,15+,17+/m0/s1. The topological polar surface area (TPSA) is 54.5 Å². The second-order valence-corrected chi connectivity index (χ2v) is 7.56. The Labute approximate surface area is 149 Å². The quantitative estimate of drug-likeness (QED) is 0.865. The zero-order valence-electron chi connectivity index (χ0n) is 14.3. The van der Waals surface area contributed by atoms with Crippen molar-refractivity contribution >= 4 is 5.91 Å². The van der Waals surface area contributed by atoms with Gasteiger partial charge in [0.05, 0.1) is 18.1 Å². The maximum Gasteiger partial charge on any atom is 0.390 e. The van der Waals surface area contributed by atoms with Gasteiger partial charge in [-0.25, -0.2) is 0 Å². The summed E-state index contributed by atoms with van der Waals surface area (Å²) >= 11 is 0. The van der Waals surface area contributed by atoms with Crippen molar-refractivity contribution in [3.8, 4) is 0 Å². The molecular weight excluding hydrogens is 347 g/mol. The number of ether oxygens (including phenoxy) is 1. The molecule has 4 rings (SSSR count). The number of halogens is 3. The van der Waals surface area contributed by atoms with Crippen molar-refractivity contribution < 1.29 is 22.7 Å². The fourth-order valence-electron chi connectivity index (χ4n) is 4.81. The van der Waals surface area contributed by atoms with E-state index >= 15 is 0 Å². The van der Waals surface area contributed by atoms with Gasteiger partial charge in [0.15, 0.2) is 0 Å². The molecule has 2 bridgehead atoms. The number of alkyl halides is 3. The lowest BCUT2D eigenvalue weighted by Crippen LogP contribution is -2.42. The van der Waals surface area contributed by atoms with E-state index < -0.39 is 12.6 Å². The Bertz CT molecular complexity index is 669. The van der Waals surface area contributed by atoms with E-state index in [1.54, 1.807) is 24.4 Å². The second-order valence-electron chi connectivity index (χ2n) is 7.56. The van der Waals surface area contributed by atoms with Crippen molar-refractivity contribution in [1.82, 2.24) is 15.2 Å². The molecule has 3 fully saturated rings. The summed E-state index contributed by atoms with van der Waals surface area (Å²) in [6.07, 6.45) is -1.46. The van der Waals surface area contributed by atoms with Crippen LogP contribution in [-0.2, 0) is 4.74 Å². The highest BCUT2D eigenvalue weighted by atomic mass is 19.4. The lowest BCUT2D eigenvalue weighted by atomic mass is 9.73. The SMILES string of the molecule is O=C(NC[C@H]1[C@H]2CN(CCC(F)(F)F)C[C@]23CC[C@H]1O3)c1ccccn1. The summed E-state index contributed by atoms with van der Waals surface area (Å²) < 4.78 is 43.8. The van der Waals surface area contributed by atoms with E-state index in [4.69, 9.17) is 4.74 Å². The average Bonchev–Trinajstić information content (AvgIpc) is 3.26. The summed E-state index contributed by atoms with van der Waals surface area (Å²) in [4.78, 5) is 18.1. The van der Waals surface area contributed by atoms with Gasteiger partial charge in [-0.1, -0.05) is 6.07 Å². The van der Waals surface area contributed by atoms with Crippen LogP contribution in [0.15, 0.2) is 24.4 Å². The Balaban J connectivity index is 1.37. The van der Waals surface area contributed by atoms with Crippen LogP contribution in [0.1, 0.15) is 29.8 Å². The predicted octanol–water partition coefficient (Wildman–Crippen LogP) is 2.24. The number of carbonyl (C=O) groups excluding carboxylic acids is 1. The molecular formula is C18H22F3N3O2. The van der Waals surface area contributed by atoms with Crippen LogP contribution in [0.5, 0.6) is 0 Å². The number of carbonyl (C=O) groups is 1. The highest BCUT2D eigenvalue weighted by Crippen LogP contribution is 2.54. The number of aromatic nitrogens is 1. The first kappa shape index (κ1) is 17.7. The van der Waals surface area contributed by atoms with E-state index in [2.05, 4.69) is 10.3 Å². The maximum atomic E-state index is 12.5. The highest BCUT2D eigenvalue weighted by molar-refractivity contribution is 5.92. The van der Waals surface area contributed by atoms with Gasteiger partial charge < -0.3 is 10.1 Å². The summed E-state index contributed by atoms with van der Waals surface area (Å²) in [6.45, 7) is 1.66. The minimum absolute atomic E-state index is 0.0167. The summed E-state index contributed by atoms with van der Waals surface area (Å²) in [7, 11) is 0. The van der Waals surface area contributed by atoms with Crippen molar-refractivity contribution in [3.05, 3.63) is 30.1 Å². The van der Waals surface area contributed by atoms with Crippen molar-refractivity contribution in [3.63, 3.8) is 0 Å². The first-order valence-electron chi connectivity index (χ1n) is 9.02. The molecule has 4 heterocycles. The van der Waals surface area contributed by atoms with Gasteiger partial charge in [0.1, 0.15) is 5.69 Å². The molecule has 5 nitrogen and oxygen atoms in total. The Morgan fingerprint density at radius 3 is 3.00 bits per heavy atom. The van der Waals surface area contributed by atoms with Crippen LogP contribution in [0.25, 0.3) is 0 Å². The molecule has 0 aliphatic carbocycles. The Morgan fingerprint density at radius 1 is 1.42 bits per heavy atom. The molecule has 1 N–H and O–H groups in total. The minimum Gasteiger partial charge on any atom is -0.370 e. The Morgan fingerprint density at radius 2 is 2.27 bits per heavy atom. The monoisotopic (exact) mass is 369 g/mol. The lowest BCUT2D eigenvalue weighted by molar-refractivity contribution is -0.138. The van der Waals surface area contributed by atoms with Crippen LogP contribution < -0.4 is 5.32 Å². The molecule has 3 aliphatic rings. The molecule has 0 saturated carbocycles. The van der Waals surface area contributed by atoms with Crippen molar-refractivity contribution in [2.75, 3.05) is 26.2 Å². The molecule has 3 saturated heterocycles. The highest BCUT2D eigenvalue weighted by Gasteiger charge is 2.62. The second kappa shape index (κ2) is 6.49. The third-order valence-corrected chi connectivity index (χ3v) is 5.96. The number of hydrogen-bond donors (Lipinski definition) is 1. The molecule has 0 unspecified atom stereocenters. The number of amides is 1. The predicted molar refractivity (Wildman–Crippen MR) is 87.5 cm³/mol. The Kier molecular flexibility index (Phi) is 4.43. The molecule has 1 aromatic rings. The van der Waals surface area contributed by atoms with Crippen LogP contribution in [0.4, 0.5) is 13.2 Å². The van der Waals surface area contributed by atoms with Crippen LogP contribution in [0.3, 0.4) is 0 Å². The number of fused-ring (bicyclic) bond motifs is 1. The number of nitrogens with zero attached hydrogens (tertiary/aromatic N) is 2. The summed E-state index contributed by atoms with van der Waals surface area (Å²) in [5.41, 5.74) is 0.0425. The molecule has 3 aliphatic heterocycles. The van der Waals surface area contributed by atoms with Gasteiger partial charge in [-0.15, -0.1) is 0 Å². The van der Waals surface area contributed by atoms with Crippen LogP contribution >= 0.6 is 0 Å². The summed E-state index contributed by atoms with van der Waals surface area (Å²) in [5.74, 6) is 0.0974. The number of likely N-dealkylation sites (tertiary alicyclic amines) is 1. The van der Waals surface area contributed by atoms with Gasteiger partial charge in [0, 0.05) is 44.2 Å². The van der Waals surface area contributed by atoms with E-state index in [0.717, 1.165) is 12.8 Å². The third kappa shape index (κ3) is 3.32. The number of hydrogen-bond acceptors (Lipinski definition) is 4. The van der Waals surface area contributed by atoms with Gasteiger partial charge in [-0.3, -0.25) is 14.7 Å². The van der Waals surface area contributed by atoms with Gasteiger partial charge in [0.25, 0.3) is 5.91 Å². The zero-order valence-corrected chi connectivity index (χ0v) is 14.3. The molecule has 1 aromatic heterocycles. The first-order chi connectivity index (χ1) is 12.4. The lowest BCUT2D eigenvalue weighted by Gasteiger charge is -2.29. The molecule has 1 spiro atoms. The van der Waals surface area contributed by atoms with Crippen molar-refractivity contribution in [1.29, 1.82) is 0 Å². The van der Waals surface area contributed by atoms with Crippen LogP contribution in [0.2, 0.25) is 0 Å². The van der Waals surface area contributed by atoms with Gasteiger partial charge in [-0.05, 0) is 25.0 Å². The normalized spacial score (nSPS) is 33.4. The minimum atomic E-state index is -4.13. The number of nitrogens with one attached hydrogen (secondary N) is 1. The van der Waals surface area contributed by atoms with Gasteiger partial charge in [-0.2, -0.15) is 13.2 Å². The fraction of sp³-hybridized carbons (Fsp3) is 0.667. The van der Waals surface area contributed by atoms with E-state index in [1.807, 2.05) is 4.90 Å². The van der Waals surface area contributed by atoms with Crippen LogP contribution in [-0.4, -0.2) is 59.9 Å². The molecule has 4 atom stereocenters. The zero-order chi connectivity index (χ0) is 18.4. The van der Waals surface area contributed by atoms with Crippen molar-refractivity contribution in [2.24, 2.45) is 11.8 Å². The van der Waals surface area contributed by atoms with E-state index in [-0.39, 0.29) is 36.0 Å². The van der Waals surface area contributed by atoms with Gasteiger partial charge in [0.2, 0.25) is 0 Å². The molecule has 0 aromatic carbocycles. The number of rotatable bonds is 5. The number of pyridine rings is 1.